The van der Waals surface area contributed by atoms with Crippen LogP contribution in [0, 0.1) is 0 Å². The van der Waals surface area contributed by atoms with Gasteiger partial charge in [0.1, 0.15) is 31.0 Å². The Morgan fingerprint density at radius 1 is 1.26 bits per heavy atom. The summed E-state index contributed by atoms with van der Waals surface area (Å²) in [5, 5.41) is 21.4. The van der Waals surface area contributed by atoms with Gasteiger partial charge in [-0.3, -0.25) is 24.6 Å². The van der Waals surface area contributed by atoms with Crippen molar-refractivity contribution in [1.29, 1.82) is 0 Å². The van der Waals surface area contributed by atoms with Crippen LogP contribution in [-0.2, 0) is 14.4 Å². The van der Waals surface area contributed by atoms with E-state index in [-0.39, 0.29) is 6.61 Å². The van der Waals surface area contributed by atoms with Crippen molar-refractivity contribution in [3.8, 4) is 5.75 Å². The van der Waals surface area contributed by atoms with Crippen molar-refractivity contribution in [2.45, 2.75) is 37.8 Å². The minimum absolute atomic E-state index is 0.0848. The van der Waals surface area contributed by atoms with Gasteiger partial charge in [-0.15, -0.1) is 0 Å². The Hall–Kier alpha value is -2.65. The van der Waals surface area contributed by atoms with Crippen molar-refractivity contribution < 1.29 is 29.3 Å². The summed E-state index contributed by atoms with van der Waals surface area (Å²) in [7, 11) is 0. The summed E-state index contributed by atoms with van der Waals surface area (Å²) >= 11 is 0. The van der Waals surface area contributed by atoms with Crippen molar-refractivity contribution in [3.05, 3.63) is 24.3 Å². The van der Waals surface area contributed by atoms with Crippen LogP contribution in [0.4, 0.5) is 5.69 Å². The number of carboxylic acid groups (broad SMARTS) is 2. The summed E-state index contributed by atoms with van der Waals surface area (Å²) in [5.41, 5.74) is 5.79. The Morgan fingerprint density at radius 2 is 2.00 bits per heavy atom. The molecule has 0 saturated carbocycles. The van der Waals surface area contributed by atoms with E-state index in [4.69, 9.17) is 15.6 Å². The first-order chi connectivity index (χ1) is 12.9. The number of hydrogen-bond acceptors (Lipinski definition) is 6. The van der Waals surface area contributed by atoms with Crippen molar-refractivity contribution in [3.63, 3.8) is 0 Å². The Morgan fingerprint density at radius 3 is 2.67 bits per heavy atom. The van der Waals surface area contributed by atoms with Crippen LogP contribution >= 0.6 is 0 Å². The molecule has 0 fully saturated rings. The number of anilines is 1. The van der Waals surface area contributed by atoms with Gasteiger partial charge in [0.25, 0.3) is 0 Å². The third-order valence-electron chi connectivity index (χ3n) is 4.32. The average molecular weight is 379 g/mol. The molecule has 148 valence electrons. The SMILES string of the molecule is NCCCCC[C@H](NC1COc2ccccc2N(CC(=O)O)C1=O)C(=O)O. The third kappa shape index (κ3) is 5.66. The molecule has 5 N–H and O–H groups in total. The molecule has 0 radical (unpaired) electrons. The number of carbonyl (C=O) groups is 3. The lowest BCUT2D eigenvalue weighted by Crippen LogP contribution is -2.54. The molecule has 0 aromatic heterocycles. The highest BCUT2D eigenvalue weighted by Crippen LogP contribution is 2.31. The number of para-hydroxylation sites is 2. The maximum absolute atomic E-state index is 12.9. The van der Waals surface area contributed by atoms with Gasteiger partial charge >= 0.3 is 11.9 Å². The third-order valence-corrected chi connectivity index (χ3v) is 4.32. The average Bonchev–Trinajstić information content (AvgIpc) is 2.75. The summed E-state index contributed by atoms with van der Waals surface area (Å²) in [4.78, 5) is 36.8. The van der Waals surface area contributed by atoms with Crippen LogP contribution in [0.5, 0.6) is 5.75 Å². The zero-order chi connectivity index (χ0) is 19.8. The molecule has 0 bridgehead atoms. The number of carboxylic acids is 2. The van der Waals surface area contributed by atoms with E-state index in [2.05, 4.69) is 5.32 Å². The fourth-order valence-corrected chi connectivity index (χ4v) is 2.96. The number of nitrogens with two attached hydrogens (primary N) is 1. The second-order valence-corrected chi connectivity index (χ2v) is 6.34. The molecule has 1 aliphatic heterocycles. The fourth-order valence-electron chi connectivity index (χ4n) is 2.96. The lowest BCUT2D eigenvalue weighted by atomic mass is 10.1. The van der Waals surface area contributed by atoms with Gasteiger partial charge < -0.3 is 20.7 Å². The molecule has 2 atom stereocenters. The van der Waals surface area contributed by atoms with Gasteiger partial charge in [0, 0.05) is 0 Å². The molecule has 0 spiro atoms. The molecule has 9 heteroatoms. The molecule has 27 heavy (non-hydrogen) atoms. The number of rotatable bonds is 10. The van der Waals surface area contributed by atoms with E-state index in [1.165, 1.54) is 0 Å². The molecule has 2 rings (SSSR count). The number of benzene rings is 1. The molecule has 0 aliphatic carbocycles. The summed E-state index contributed by atoms with van der Waals surface area (Å²) in [6.45, 7) is -0.0767. The van der Waals surface area contributed by atoms with E-state index in [1.807, 2.05) is 0 Å². The van der Waals surface area contributed by atoms with E-state index >= 15 is 0 Å². The lowest BCUT2D eigenvalue weighted by molar-refractivity contribution is -0.141. The number of unbranched alkanes of at least 4 members (excludes halogenated alkanes) is 2. The number of aliphatic carboxylic acids is 2. The number of ether oxygens (including phenoxy) is 1. The molecule has 1 amide bonds. The maximum atomic E-state index is 12.9. The minimum Gasteiger partial charge on any atom is -0.489 e. The molecule has 1 aromatic rings. The molecule has 1 aliphatic rings. The Kier molecular flexibility index (Phi) is 7.56. The maximum Gasteiger partial charge on any atom is 0.323 e. The van der Waals surface area contributed by atoms with Gasteiger partial charge in [0.2, 0.25) is 5.91 Å². The summed E-state index contributed by atoms with van der Waals surface area (Å²) in [6, 6.07) is 4.73. The first-order valence-electron chi connectivity index (χ1n) is 8.88. The molecular weight excluding hydrogens is 354 g/mol. The molecule has 9 nitrogen and oxygen atoms in total. The molecule has 1 unspecified atom stereocenters. The van der Waals surface area contributed by atoms with E-state index < -0.39 is 36.5 Å². The predicted molar refractivity (Wildman–Crippen MR) is 97.8 cm³/mol. The first kappa shape index (κ1) is 20.7. The summed E-state index contributed by atoms with van der Waals surface area (Å²) in [5.74, 6) is -2.39. The van der Waals surface area contributed by atoms with Crippen molar-refractivity contribution >= 4 is 23.5 Å². The Labute approximate surface area is 157 Å². The van der Waals surface area contributed by atoms with Gasteiger partial charge in [0.15, 0.2) is 0 Å². The van der Waals surface area contributed by atoms with E-state index in [1.54, 1.807) is 24.3 Å². The van der Waals surface area contributed by atoms with Crippen LogP contribution in [0.3, 0.4) is 0 Å². The van der Waals surface area contributed by atoms with Crippen molar-refractivity contribution in [1.82, 2.24) is 5.32 Å². The first-order valence-corrected chi connectivity index (χ1v) is 8.88. The van der Waals surface area contributed by atoms with E-state index in [9.17, 15) is 19.5 Å². The molecule has 1 aromatic carbocycles. The number of fused-ring (bicyclic) bond motifs is 1. The zero-order valence-electron chi connectivity index (χ0n) is 15.0. The highest BCUT2D eigenvalue weighted by atomic mass is 16.5. The van der Waals surface area contributed by atoms with Crippen LogP contribution in [0.25, 0.3) is 0 Å². The number of amides is 1. The monoisotopic (exact) mass is 379 g/mol. The molecule has 1 heterocycles. The lowest BCUT2D eigenvalue weighted by Gasteiger charge is -2.25. The molecule has 0 saturated heterocycles. The number of nitrogens with one attached hydrogen (secondary N) is 1. The quantitative estimate of drug-likeness (QED) is 0.429. The van der Waals surface area contributed by atoms with Crippen molar-refractivity contribution in [2.75, 3.05) is 24.6 Å². The van der Waals surface area contributed by atoms with Gasteiger partial charge in [-0.2, -0.15) is 0 Å². The van der Waals surface area contributed by atoms with Crippen LogP contribution in [-0.4, -0.2) is 59.8 Å². The molecular formula is C18H25N3O6. The second-order valence-electron chi connectivity index (χ2n) is 6.34. The van der Waals surface area contributed by atoms with Gasteiger partial charge in [0.05, 0.1) is 5.69 Å². The van der Waals surface area contributed by atoms with Crippen LogP contribution < -0.4 is 20.7 Å². The van der Waals surface area contributed by atoms with Crippen LogP contribution in [0.2, 0.25) is 0 Å². The summed E-state index contributed by atoms with van der Waals surface area (Å²) < 4.78 is 5.64. The smallest absolute Gasteiger partial charge is 0.323 e. The van der Waals surface area contributed by atoms with E-state index in [0.717, 1.165) is 17.7 Å². The van der Waals surface area contributed by atoms with Crippen molar-refractivity contribution in [2.24, 2.45) is 5.73 Å². The summed E-state index contributed by atoms with van der Waals surface area (Å²) in [6.07, 6.45) is 2.60. The minimum atomic E-state index is -1.17. The number of nitrogens with zero attached hydrogens (tertiary/aromatic N) is 1. The highest BCUT2D eigenvalue weighted by molar-refractivity contribution is 6.02. The van der Waals surface area contributed by atoms with Crippen LogP contribution in [0.15, 0.2) is 24.3 Å². The number of hydrogen-bond donors (Lipinski definition) is 4. The normalized spacial score (nSPS) is 17.6. The van der Waals surface area contributed by atoms with Gasteiger partial charge in [-0.25, -0.2) is 0 Å². The second kappa shape index (κ2) is 9.89. The predicted octanol–water partition coefficient (Wildman–Crippen LogP) is 0.427. The highest BCUT2D eigenvalue weighted by Gasteiger charge is 2.35. The Bertz CT molecular complexity index is 681. The zero-order valence-corrected chi connectivity index (χ0v) is 15.0. The largest absolute Gasteiger partial charge is 0.489 e. The van der Waals surface area contributed by atoms with E-state index in [0.29, 0.717) is 30.8 Å². The van der Waals surface area contributed by atoms with Gasteiger partial charge in [-0.05, 0) is 31.5 Å². The number of carbonyl (C=O) groups excluding carboxylic acids is 1. The standard InChI is InChI=1S/C18H25N3O6/c19-9-5-1-2-6-12(18(25)26)20-13-11-27-15-8-4-3-7-14(15)21(17(13)24)10-16(22)23/h3-4,7-8,12-13,20H,1-2,5-6,9-11,19H2,(H,22,23)(H,25,26)/t12-,13?/m0/s1. The Balaban J connectivity index is 2.15. The topological polar surface area (TPSA) is 142 Å². The fraction of sp³-hybridized carbons (Fsp3) is 0.500. The van der Waals surface area contributed by atoms with Crippen LogP contribution in [0.1, 0.15) is 25.7 Å². The van der Waals surface area contributed by atoms with Gasteiger partial charge in [-0.1, -0.05) is 25.0 Å².